The quantitative estimate of drug-likeness (QED) is 0.341. The molecule has 2 aliphatic rings. The van der Waals surface area contributed by atoms with E-state index in [1.807, 2.05) is 31.3 Å². The molecule has 4 heterocycles. The molecule has 2 aliphatic heterocycles. The van der Waals surface area contributed by atoms with Crippen molar-refractivity contribution >= 4 is 47.3 Å². The van der Waals surface area contributed by atoms with Gasteiger partial charge in [-0.25, -0.2) is 9.98 Å². The highest BCUT2D eigenvalue weighted by Crippen LogP contribution is 2.21. The molecule has 0 aliphatic carbocycles. The maximum Gasteiger partial charge on any atom is 0.246 e. The average Bonchev–Trinajstić information content (AvgIpc) is 3.23. The van der Waals surface area contributed by atoms with Crippen molar-refractivity contribution in [2.24, 2.45) is 18.0 Å². The second-order valence-corrected chi connectivity index (χ2v) is 8.70. The molecule has 33 heavy (non-hydrogen) atoms. The number of pyridine rings is 1. The normalized spacial score (nSPS) is 17.8. The highest BCUT2D eigenvalue weighted by atomic mass is 127. The van der Waals surface area contributed by atoms with E-state index < -0.39 is 0 Å². The Morgan fingerprint density at radius 1 is 1.18 bits per heavy atom. The summed E-state index contributed by atoms with van der Waals surface area (Å²) in [5.74, 6) is 2.67. The van der Waals surface area contributed by atoms with E-state index in [4.69, 9.17) is 4.99 Å². The van der Waals surface area contributed by atoms with E-state index in [9.17, 15) is 4.79 Å². The predicted molar refractivity (Wildman–Crippen MR) is 142 cm³/mol. The first kappa shape index (κ1) is 25.3. The number of rotatable bonds is 5. The van der Waals surface area contributed by atoms with Crippen molar-refractivity contribution in [3.05, 3.63) is 36.3 Å². The van der Waals surface area contributed by atoms with Gasteiger partial charge < -0.3 is 20.0 Å². The molecular weight excluding hydrogens is 531 g/mol. The number of aromatic nitrogens is 3. The van der Waals surface area contributed by atoms with Crippen molar-refractivity contribution in [1.82, 2.24) is 25.0 Å². The molecule has 0 atom stereocenters. The van der Waals surface area contributed by atoms with E-state index in [0.717, 1.165) is 55.1 Å². The summed E-state index contributed by atoms with van der Waals surface area (Å²) in [5.41, 5.74) is 1.91. The van der Waals surface area contributed by atoms with Gasteiger partial charge in [-0.2, -0.15) is 5.10 Å². The summed E-state index contributed by atoms with van der Waals surface area (Å²) in [6, 6.07) is 4.21. The number of carbonyl (C=O) groups is 1. The lowest BCUT2D eigenvalue weighted by atomic mass is 9.99. The molecule has 4 rings (SSSR count). The van der Waals surface area contributed by atoms with Crippen molar-refractivity contribution < 1.29 is 4.79 Å². The van der Waals surface area contributed by atoms with Crippen LogP contribution in [0, 0.1) is 5.92 Å². The van der Waals surface area contributed by atoms with Crippen LogP contribution in [0.2, 0.25) is 0 Å². The zero-order chi connectivity index (χ0) is 22.5. The molecule has 2 aromatic heterocycles. The lowest BCUT2D eigenvalue weighted by Crippen LogP contribution is -2.55. The van der Waals surface area contributed by atoms with Gasteiger partial charge in [-0.05, 0) is 37.3 Å². The summed E-state index contributed by atoms with van der Waals surface area (Å²) in [6.07, 6.45) is 7.98. The predicted octanol–water partition coefficient (Wildman–Crippen LogP) is 2.48. The van der Waals surface area contributed by atoms with Gasteiger partial charge in [0.05, 0.1) is 18.4 Å². The number of amides is 1. The first-order valence-corrected chi connectivity index (χ1v) is 11.6. The monoisotopic (exact) mass is 566 g/mol. The third-order valence-corrected chi connectivity index (χ3v) is 6.19. The van der Waals surface area contributed by atoms with E-state index in [-0.39, 0.29) is 29.9 Å². The molecule has 2 saturated heterocycles. The zero-order valence-electron chi connectivity index (χ0n) is 19.8. The second-order valence-electron chi connectivity index (χ2n) is 8.70. The number of piperazine rings is 1. The fraction of sp³-hybridized carbons (Fsp3) is 0.565. The molecule has 0 radical (unpaired) electrons. The van der Waals surface area contributed by atoms with Crippen LogP contribution < -0.4 is 15.1 Å². The van der Waals surface area contributed by atoms with E-state index >= 15 is 0 Å². The Morgan fingerprint density at radius 3 is 2.58 bits per heavy atom. The van der Waals surface area contributed by atoms with Crippen molar-refractivity contribution in [3.63, 3.8) is 0 Å². The second kappa shape index (κ2) is 11.7. The van der Waals surface area contributed by atoms with Crippen molar-refractivity contribution in [3.8, 4) is 0 Å². The summed E-state index contributed by atoms with van der Waals surface area (Å²) < 4.78 is 1.71. The lowest BCUT2D eigenvalue weighted by Gasteiger charge is -2.35. The van der Waals surface area contributed by atoms with Gasteiger partial charge in [0.1, 0.15) is 12.4 Å². The third kappa shape index (κ3) is 6.36. The summed E-state index contributed by atoms with van der Waals surface area (Å²) in [7, 11) is 1.86. The molecular formula is C23H35IN8O. The lowest BCUT2D eigenvalue weighted by molar-refractivity contribution is -0.120. The van der Waals surface area contributed by atoms with Crippen molar-refractivity contribution in [1.29, 1.82) is 0 Å². The van der Waals surface area contributed by atoms with Crippen molar-refractivity contribution in [2.75, 3.05) is 49.1 Å². The minimum absolute atomic E-state index is 0. The maximum atomic E-state index is 12.8. The average molecular weight is 566 g/mol. The minimum atomic E-state index is 0. The Labute approximate surface area is 213 Å². The van der Waals surface area contributed by atoms with Crippen LogP contribution in [0.25, 0.3) is 0 Å². The number of aryl methyl sites for hydroxylation is 1. The summed E-state index contributed by atoms with van der Waals surface area (Å²) >= 11 is 0. The van der Waals surface area contributed by atoms with Crippen LogP contribution in [0.3, 0.4) is 0 Å². The molecule has 10 heteroatoms. The Kier molecular flexibility index (Phi) is 8.93. The van der Waals surface area contributed by atoms with Crippen LogP contribution in [-0.4, -0.2) is 70.8 Å². The number of hydrogen-bond acceptors (Lipinski definition) is 5. The van der Waals surface area contributed by atoms with Gasteiger partial charge in [-0.3, -0.25) is 9.48 Å². The number of hydrogen-bond donors (Lipinski definition) is 1. The molecule has 1 amide bonds. The number of carbonyl (C=O) groups excluding carboxylic acids is 1. The van der Waals surface area contributed by atoms with E-state index in [0.29, 0.717) is 19.6 Å². The number of halogens is 1. The molecule has 180 valence electrons. The van der Waals surface area contributed by atoms with Crippen LogP contribution in [0.4, 0.5) is 11.5 Å². The number of nitrogens with zero attached hydrogens (tertiary/aromatic N) is 7. The van der Waals surface area contributed by atoms with Crippen LogP contribution in [0.5, 0.6) is 0 Å². The van der Waals surface area contributed by atoms with Crippen LogP contribution in [-0.2, 0) is 18.4 Å². The zero-order valence-corrected chi connectivity index (χ0v) is 22.1. The fourth-order valence-electron chi connectivity index (χ4n) is 4.20. The van der Waals surface area contributed by atoms with Gasteiger partial charge >= 0.3 is 0 Å². The Balaban J connectivity index is 0.00000306. The summed E-state index contributed by atoms with van der Waals surface area (Å²) in [4.78, 5) is 28.4. The van der Waals surface area contributed by atoms with Gasteiger partial charge in [0.2, 0.25) is 5.91 Å². The van der Waals surface area contributed by atoms with Crippen LogP contribution in [0.1, 0.15) is 32.3 Å². The number of piperidine rings is 1. The fourth-order valence-corrected chi connectivity index (χ4v) is 4.20. The van der Waals surface area contributed by atoms with Gasteiger partial charge in [0.15, 0.2) is 5.96 Å². The SMILES string of the molecule is CCNC(=NCc1ccc(N2CCC(C)CC2)nc1)N1CCN(c2cnn(C)c2)C(=O)C1.I. The van der Waals surface area contributed by atoms with E-state index in [1.165, 1.54) is 12.8 Å². The summed E-state index contributed by atoms with van der Waals surface area (Å²) in [6.45, 7) is 9.43. The number of guanidine groups is 1. The smallest absolute Gasteiger partial charge is 0.246 e. The molecule has 2 fully saturated rings. The summed E-state index contributed by atoms with van der Waals surface area (Å²) in [5, 5.41) is 7.51. The Morgan fingerprint density at radius 2 is 1.97 bits per heavy atom. The van der Waals surface area contributed by atoms with Crippen LogP contribution >= 0.6 is 24.0 Å². The number of aliphatic imine (C=N–C) groups is 1. The molecule has 0 saturated carbocycles. The van der Waals surface area contributed by atoms with Gasteiger partial charge in [0, 0.05) is 52.2 Å². The van der Waals surface area contributed by atoms with Gasteiger partial charge in [-0.1, -0.05) is 13.0 Å². The first-order chi connectivity index (χ1) is 15.5. The van der Waals surface area contributed by atoms with Crippen molar-refractivity contribution in [2.45, 2.75) is 33.2 Å². The molecule has 0 bridgehead atoms. The maximum absolute atomic E-state index is 12.8. The minimum Gasteiger partial charge on any atom is -0.357 e. The molecule has 1 N–H and O–H groups in total. The highest BCUT2D eigenvalue weighted by molar-refractivity contribution is 14.0. The Bertz CT molecular complexity index is 936. The molecule has 9 nitrogen and oxygen atoms in total. The standard InChI is InChI=1S/C23H34N8O.HI/c1-4-24-23(30-11-12-31(22(32)17-30)20-15-27-28(3)16-20)26-14-19-5-6-21(25-13-19)29-9-7-18(2)8-10-29;/h5-6,13,15-16,18H,4,7-12,14,17H2,1-3H3,(H,24,26);1H. The number of nitrogens with one attached hydrogen (secondary N) is 1. The third-order valence-electron chi connectivity index (χ3n) is 6.19. The van der Waals surface area contributed by atoms with E-state index in [2.05, 4.69) is 39.4 Å². The van der Waals surface area contributed by atoms with Crippen LogP contribution in [0.15, 0.2) is 35.7 Å². The largest absolute Gasteiger partial charge is 0.357 e. The Hall–Kier alpha value is -2.37. The van der Waals surface area contributed by atoms with Gasteiger partial charge in [-0.15, -0.1) is 24.0 Å². The molecule has 2 aromatic rings. The first-order valence-electron chi connectivity index (χ1n) is 11.6. The van der Waals surface area contributed by atoms with E-state index in [1.54, 1.807) is 15.8 Å². The topological polar surface area (TPSA) is 81.9 Å². The van der Waals surface area contributed by atoms with Gasteiger partial charge in [0.25, 0.3) is 0 Å². The number of anilines is 2. The highest BCUT2D eigenvalue weighted by Gasteiger charge is 2.27. The molecule has 0 spiro atoms. The molecule has 0 unspecified atom stereocenters. The molecule has 0 aromatic carbocycles.